The average Bonchev–Trinajstić information content (AvgIpc) is 2.40. The third kappa shape index (κ3) is 3.46. The molecule has 0 atom stereocenters. The lowest BCUT2D eigenvalue weighted by Gasteiger charge is -2.10. The van der Waals surface area contributed by atoms with Gasteiger partial charge in [0, 0.05) is 0 Å². The van der Waals surface area contributed by atoms with Crippen molar-refractivity contribution in [1.29, 1.82) is 0 Å². The molecule has 18 heavy (non-hydrogen) atoms. The highest BCUT2D eigenvalue weighted by Crippen LogP contribution is 2.25. The lowest BCUT2D eigenvalue weighted by molar-refractivity contribution is 0.556. The van der Waals surface area contributed by atoms with E-state index in [1.165, 1.54) is 36.0 Å². The van der Waals surface area contributed by atoms with Crippen LogP contribution in [0.4, 0.5) is 0 Å². The smallest absolute Gasteiger partial charge is 0.0152 e. The Bertz CT molecular complexity index is 468. The summed E-state index contributed by atoms with van der Waals surface area (Å²) in [6.07, 6.45) is 3.77. The summed E-state index contributed by atoms with van der Waals surface area (Å²) < 4.78 is 0. The number of hydrogen-bond acceptors (Lipinski definition) is 0. The first-order valence-electron chi connectivity index (χ1n) is 6.90. The van der Waals surface area contributed by atoms with Gasteiger partial charge in [-0.05, 0) is 35.4 Å². The van der Waals surface area contributed by atoms with E-state index >= 15 is 0 Å². The van der Waals surface area contributed by atoms with Crippen molar-refractivity contribution >= 4 is 0 Å². The highest BCUT2D eigenvalue weighted by Gasteiger charge is 2.04. The number of hydrogen-bond donors (Lipinski definition) is 0. The fourth-order valence-electron chi connectivity index (χ4n) is 2.34. The first-order chi connectivity index (χ1) is 8.77. The molecule has 2 rings (SSSR count). The molecule has 0 bridgehead atoms. The molecule has 0 saturated carbocycles. The molecule has 2 aromatic carbocycles. The van der Waals surface area contributed by atoms with Crippen LogP contribution in [-0.4, -0.2) is 0 Å². The van der Waals surface area contributed by atoms with Crippen molar-refractivity contribution in [1.82, 2.24) is 0 Å². The molecule has 0 radical (unpaired) electrons. The molecular weight excluding hydrogens is 216 g/mol. The van der Waals surface area contributed by atoms with Crippen molar-refractivity contribution in [3.05, 3.63) is 60.2 Å². The minimum absolute atomic E-state index is 0.800. The SMILES string of the molecule is CC(C)CCCc1ccccc1-c1ccccc1. The maximum atomic E-state index is 2.29. The van der Waals surface area contributed by atoms with E-state index in [1.54, 1.807) is 0 Å². The van der Waals surface area contributed by atoms with Gasteiger partial charge in [-0.25, -0.2) is 0 Å². The second kappa shape index (κ2) is 6.39. The van der Waals surface area contributed by atoms with E-state index in [0.717, 1.165) is 5.92 Å². The van der Waals surface area contributed by atoms with E-state index in [1.807, 2.05) is 0 Å². The van der Waals surface area contributed by atoms with Crippen LogP contribution in [-0.2, 0) is 6.42 Å². The van der Waals surface area contributed by atoms with Gasteiger partial charge in [0.15, 0.2) is 0 Å². The highest BCUT2D eigenvalue weighted by molar-refractivity contribution is 5.67. The predicted molar refractivity (Wildman–Crippen MR) is 79.7 cm³/mol. The number of rotatable bonds is 5. The second-order valence-electron chi connectivity index (χ2n) is 5.31. The molecule has 0 heterocycles. The normalized spacial score (nSPS) is 10.8. The van der Waals surface area contributed by atoms with Crippen LogP contribution in [0.15, 0.2) is 54.6 Å². The van der Waals surface area contributed by atoms with E-state index in [9.17, 15) is 0 Å². The third-order valence-corrected chi connectivity index (χ3v) is 3.33. The molecule has 0 saturated heterocycles. The third-order valence-electron chi connectivity index (χ3n) is 3.33. The Morgan fingerprint density at radius 1 is 0.833 bits per heavy atom. The molecule has 0 heteroatoms. The summed E-state index contributed by atoms with van der Waals surface area (Å²) in [6.45, 7) is 4.59. The van der Waals surface area contributed by atoms with E-state index < -0.39 is 0 Å². The zero-order valence-corrected chi connectivity index (χ0v) is 11.4. The molecule has 0 aliphatic carbocycles. The van der Waals surface area contributed by atoms with Gasteiger partial charge in [0.25, 0.3) is 0 Å². The van der Waals surface area contributed by atoms with E-state index in [4.69, 9.17) is 0 Å². The van der Waals surface area contributed by atoms with Crippen molar-refractivity contribution in [3.8, 4) is 11.1 Å². The zero-order chi connectivity index (χ0) is 12.8. The first kappa shape index (κ1) is 12.9. The molecule has 0 spiro atoms. The summed E-state index contributed by atoms with van der Waals surface area (Å²) in [6, 6.07) is 19.5. The summed E-state index contributed by atoms with van der Waals surface area (Å²) in [5, 5.41) is 0. The molecule has 0 nitrogen and oxygen atoms in total. The Hall–Kier alpha value is -1.56. The summed E-state index contributed by atoms with van der Waals surface area (Å²) in [5.74, 6) is 0.800. The monoisotopic (exact) mass is 238 g/mol. The minimum atomic E-state index is 0.800. The largest absolute Gasteiger partial charge is 0.0628 e. The van der Waals surface area contributed by atoms with E-state index in [-0.39, 0.29) is 0 Å². The lowest BCUT2D eigenvalue weighted by Crippen LogP contribution is -1.93. The van der Waals surface area contributed by atoms with Crippen LogP contribution < -0.4 is 0 Å². The Morgan fingerprint density at radius 3 is 2.22 bits per heavy atom. The van der Waals surface area contributed by atoms with Gasteiger partial charge < -0.3 is 0 Å². The average molecular weight is 238 g/mol. The van der Waals surface area contributed by atoms with Gasteiger partial charge in [-0.15, -0.1) is 0 Å². The van der Waals surface area contributed by atoms with E-state index in [2.05, 4.69) is 68.4 Å². The summed E-state index contributed by atoms with van der Waals surface area (Å²) in [7, 11) is 0. The number of aryl methyl sites for hydroxylation is 1. The Balaban J connectivity index is 2.16. The summed E-state index contributed by atoms with van der Waals surface area (Å²) in [5.41, 5.74) is 4.20. The quantitative estimate of drug-likeness (QED) is 0.660. The molecule has 0 aliphatic heterocycles. The van der Waals surface area contributed by atoms with Crippen molar-refractivity contribution in [3.63, 3.8) is 0 Å². The van der Waals surface area contributed by atoms with Crippen molar-refractivity contribution in [2.24, 2.45) is 5.92 Å². The van der Waals surface area contributed by atoms with Crippen molar-refractivity contribution < 1.29 is 0 Å². The standard InChI is InChI=1S/C18H22/c1-15(2)9-8-13-17-12-6-7-14-18(17)16-10-4-3-5-11-16/h3-7,10-12,14-15H,8-9,13H2,1-2H3. The fraction of sp³-hybridized carbons (Fsp3) is 0.333. The van der Waals surface area contributed by atoms with Crippen molar-refractivity contribution in [2.45, 2.75) is 33.1 Å². The van der Waals surface area contributed by atoms with Crippen LogP contribution in [0, 0.1) is 5.92 Å². The number of benzene rings is 2. The maximum Gasteiger partial charge on any atom is -0.0152 e. The van der Waals surface area contributed by atoms with Crippen LogP contribution in [0.2, 0.25) is 0 Å². The second-order valence-corrected chi connectivity index (χ2v) is 5.31. The molecule has 2 aromatic rings. The van der Waals surface area contributed by atoms with Crippen LogP contribution in [0.3, 0.4) is 0 Å². The van der Waals surface area contributed by atoms with Crippen LogP contribution in [0.1, 0.15) is 32.3 Å². The first-order valence-corrected chi connectivity index (χ1v) is 6.90. The van der Waals surface area contributed by atoms with Gasteiger partial charge in [-0.3, -0.25) is 0 Å². The van der Waals surface area contributed by atoms with Gasteiger partial charge in [0.05, 0.1) is 0 Å². The summed E-state index contributed by atoms with van der Waals surface area (Å²) >= 11 is 0. The molecule has 0 fully saturated rings. The molecule has 0 amide bonds. The summed E-state index contributed by atoms with van der Waals surface area (Å²) in [4.78, 5) is 0. The van der Waals surface area contributed by atoms with E-state index in [0.29, 0.717) is 0 Å². The van der Waals surface area contributed by atoms with Crippen LogP contribution >= 0.6 is 0 Å². The van der Waals surface area contributed by atoms with Gasteiger partial charge >= 0.3 is 0 Å². The maximum absolute atomic E-state index is 2.29. The molecular formula is C18H22. The minimum Gasteiger partial charge on any atom is -0.0628 e. The zero-order valence-electron chi connectivity index (χ0n) is 11.4. The Labute approximate surface area is 111 Å². The lowest BCUT2D eigenvalue weighted by atomic mass is 9.95. The van der Waals surface area contributed by atoms with Gasteiger partial charge in [-0.2, -0.15) is 0 Å². The van der Waals surface area contributed by atoms with Gasteiger partial charge in [0.2, 0.25) is 0 Å². The molecule has 0 aliphatic rings. The highest BCUT2D eigenvalue weighted by atomic mass is 14.1. The van der Waals surface area contributed by atoms with Crippen molar-refractivity contribution in [2.75, 3.05) is 0 Å². The van der Waals surface area contributed by atoms with Crippen LogP contribution in [0.5, 0.6) is 0 Å². The Morgan fingerprint density at radius 2 is 1.50 bits per heavy atom. The van der Waals surface area contributed by atoms with Gasteiger partial charge in [-0.1, -0.05) is 74.9 Å². The fourth-order valence-corrected chi connectivity index (χ4v) is 2.34. The van der Waals surface area contributed by atoms with Crippen LogP contribution in [0.25, 0.3) is 11.1 Å². The molecule has 94 valence electrons. The predicted octanol–water partition coefficient (Wildman–Crippen LogP) is 5.33. The molecule has 0 unspecified atom stereocenters. The molecule has 0 N–H and O–H groups in total. The Kier molecular flexibility index (Phi) is 4.58. The molecule has 0 aromatic heterocycles. The topological polar surface area (TPSA) is 0 Å². The van der Waals surface area contributed by atoms with Gasteiger partial charge in [0.1, 0.15) is 0 Å².